The van der Waals surface area contributed by atoms with E-state index in [1.54, 1.807) is 19.9 Å². The minimum absolute atomic E-state index is 0.214. The Morgan fingerprint density at radius 1 is 0.929 bits per heavy atom. The van der Waals surface area contributed by atoms with E-state index in [9.17, 15) is 9.36 Å². The first-order valence-corrected chi connectivity index (χ1v) is 12.5. The Kier molecular flexibility index (Phi) is 13.8. The normalized spacial score (nSPS) is 15.5. The second-order valence-corrected chi connectivity index (χ2v) is 8.73. The number of esters is 1. The number of ether oxygens (including phenoxy) is 1. The van der Waals surface area contributed by atoms with Gasteiger partial charge in [-0.1, -0.05) is 71.1 Å². The molecule has 0 amide bonds. The zero-order valence-electron chi connectivity index (χ0n) is 18.0. The van der Waals surface area contributed by atoms with Gasteiger partial charge in [-0.2, -0.15) is 0 Å². The maximum atomic E-state index is 12.7. The van der Waals surface area contributed by atoms with Gasteiger partial charge in [0.25, 0.3) is 0 Å². The van der Waals surface area contributed by atoms with Crippen LogP contribution < -0.4 is 0 Å². The number of cyclic esters (lactones) is 1. The van der Waals surface area contributed by atoms with Gasteiger partial charge >= 0.3 is 13.8 Å². The number of hydrogen-bond acceptors (Lipinski definition) is 6. The summed E-state index contributed by atoms with van der Waals surface area (Å²) in [7, 11) is -3.68. The molecule has 0 radical (unpaired) electrons. The van der Waals surface area contributed by atoms with Crippen molar-refractivity contribution in [3.63, 3.8) is 0 Å². The van der Waals surface area contributed by atoms with Crippen LogP contribution in [0.15, 0.2) is 11.6 Å². The molecular formula is C21H39O6P. The maximum absolute atomic E-state index is 12.7. The van der Waals surface area contributed by atoms with Crippen LogP contribution in [0.25, 0.3) is 0 Å². The average Bonchev–Trinajstić information content (AvgIpc) is 3.08. The zero-order chi connectivity index (χ0) is 20.7. The first-order chi connectivity index (χ1) is 13.6. The predicted molar refractivity (Wildman–Crippen MR) is 111 cm³/mol. The van der Waals surface area contributed by atoms with Crippen LogP contribution in [0.2, 0.25) is 0 Å². The van der Waals surface area contributed by atoms with Gasteiger partial charge in [0.15, 0.2) is 0 Å². The quantitative estimate of drug-likeness (QED) is 0.147. The number of phosphoric acid groups is 1. The molecule has 0 aromatic rings. The van der Waals surface area contributed by atoms with E-state index in [1.165, 1.54) is 51.4 Å². The molecule has 0 saturated carbocycles. The molecule has 1 atom stereocenters. The number of hydrogen-bond donors (Lipinski definition) is 0. The number of unbranched alkanes of at least 4 members (excludes halogenated alkanes) is 9. The molecule has 0 aromatic heterocycles. The van der Waals surface area contributed by atoms with Gasteiger partial charge in [0.1, 0.15) is 12.7 Å². The number of carbonyl (C=O) groups is 1. The molecule has 6 nitrogen and oxygen atoms in total. The molecule has 7 heteroatoms. The fourth-order valence-corrected chi connectivity index (χ4v) is 4.65. The van der Waals surface area contributed by atoms with E-state index in [4.69, 9.17) is 18.3 Å². The summed E-state index contributed by atoms with van der Waals surface area (Å²) in [5.74, 6) is -0.406. The Bertz CT molecular complexity index is 495. The number of rotatable bonds is 18. The molecular weight excluding hydrogens is 379 g/mol. The lowest BCUT2D eigenvalue weighted by molar-refractivity contribution is -0.136. The van der Waals surface area contributed by atoms with Crippen LogP contribution in [0.1, 0.15) is 91.4 Å². The Hall–Kier alpha value is -0.680. The minimum Gasteiger partial charge on any atom is -0.458 e. The summed E-state index contributed by atoms with van der Waals surface area (Å²) >= 11 is 0. The predicted octanol–water partition coefficient (Wildman–Crippen LogP) is 6.35. The van der Waals surface area contributed by atoms with Gasteiger partial charge in [0.2, 0.25) is 0 Å². The van der Waals surface area contributed by atoms with Crippen molar-refractivity contribution in [2.24, 2.45) is 0 Å². The fourth-order valence-electron chi connectivity index (χ4n) is 3.29. The summed E-state index contributed by atoms with van der Waals surface area (Å²) < 4.78 is 33.9. The highest BCUT2D eigenvalue weighted by Crippen LogP contribution is 2.51. The first-order valence-electron chi connectivity index (χ1n) is 11.0. The van der Waals surface area contributed by atoms with Gasteiger partial charge in [-0.25, -0.2) is 9.36 Å². The van der Waals surface area contributed by atoms with Crippen LogP contribution in [0.3, 0.4) is 0 Å². The average molecular weight is 419 g/mol. The molecule has 0 saturated heterocycles. The summed E-state index contributed by atoms with van der Waals surface area (Å²) in [6, 6.07) is 0. The van der Waals surface area contributed by atoms with Crippen molar-refractivity contribution in [1.82, 2.24) is 0 Å². The lowest BCUT2D eigenvalue weighted by Gasteiger charge is -2.23. The molecule has 164 valence electrons. The van der Waals surface area contributed by atoms with E-state index >= 15 is 0 Å². The molecule has 0 aliphatic carbocycles. The maximum Gasteiger partial charge on any atom is 0.475 e. The van der Waals surface area contributed by atoms with Crippen LogP contribution in [-0.2, 0) is 27.7 Å². The van der Waals surface area contributed by atoms with Gasteiger partial charge in [-0.05, 0) is 26.3 Å². The van der Waals surface area contributed by atoms with E-state index in [0.29, 0.717) is 12.0 Å². The molecule has 0 bridgehead atoms. The lowest BCUT2D eigenvalue weighted by atomic mass is 10.0. The molecule has 0 fully saturated rings. The Morgan fingerprint density at radius 3 is 1.93 bits per heavy atom. The molecule has 0 spiro atoms. The SMILES string of the molecule is CCCCCCCCCCCCC(OP(=O)(OCC)OCC)C1=CCOC1=O. The van der Waals surface area contributed by atoms with Crippen LogP contribution in [-0.4, -0.2) is 31.9 Å². The third kappa shape index (κ3) is 10.2. The summed E-state index contributed by atoms with van der Waals surface area (Å²) in [5.41, 5.74) is 0.426. The fraction of sp³-hybridized carbons (Fsp3) is 0.857. The van der Waals surface area contributed by atoms with Gasteiger partial charge in [-0.3, -0.25) is 13.6 Å². The van der Waals surface area contributed by atoms with E-state index in [2.05, 4.69) is 6.92 Å². The van der Waals surface area contributed by atoms with Crippen molar-refractivity contribution >= 4 is 13.8 Å². The molecule has 0 N–H and O–H groups in total. The van der Waals surface area contributed by atoms with Crippen molar-refractivity contribution < 1.29 is 27.7 Å². The molecule has 0 aromatic carbocycles. The molecule has 28 heavy (non-hydrogen) atoms. The highest BCUT2D eigenvalue weighted by Gasteiger charge is 2.35. The highest BCUT2D eigenvalue weighted by atomic mass is 31.2. The van der Waals surface area contributed by atoms with Crippen molar-refractivity contribution in [1.29, 1.82) is 0 Å². The zero-order valence-corrected chi connectivity index (χ0v) is 18.8. The third-order valence-electron chi connectivity index (χ3n) is 4.75. The van der Waals surface area contributed by atoms with Crippen LogP contribution in [0, 0.1) is 0 Å². The second-order valence-electron chi connectivity index (χ2n) is 7.11. The summed E-state index contributed by atoms with van der Waals surface area (Å²) in [6.07, 6.45) is 13.9. The molecule has 1 aliphatic rings. The molecule has 1 heterocycles. The Balaban J connectivity index is 2.41. The standard InChI is InChI=1S/C21H39O6P/c1-4-7-8-9-10-11-12-13-14-15-16-20(19-17-18-24-21(19)22)27-28(23,25-5-2)26-6-3/h17,20H,4-16,18H2,1-3H3. The van der Waals surface area contributed by atoms with Crippen molar-refractivity contribution in [2.45, 2.75) is 97.5 Å². The van der Waals surface area contributed by atoms with Gasteiger partial charge in [0.05, 0.1) is 18.8 Å². The summed E-state index contributed by atoms with van der Waals surface area (Å²) in [5, 5.41) is 0. The van der Waals surface area contributed by atoms with Gasteiger partial charge in [0, 0.05) is 0 Å². The van der Waals surface area contributed by atoms with Crippen LogP contribution >= 0.6 is 7.82 Å². The Morgan fingerprint density at radius 2 is 1.46 bits per heavy atom. The summed E-state index contributed by atoms with van der Waals surface area (Å²) in [6.45, 7) is 6.36. The van der Waals surface area contributed by atoms with E-state index in [0.717, 1.165) is 12.8 Å². The third-order valence-corrected chi connectivity index (χ3v) is 6.41. The molecule has 1 rings (SSSR count). The van der Waals surface area contributed by atoms with Crippen LogP contribution in [0.4, 0.5) is 0 Å². The number of carbonyl (C=O) groups excluding carboxylic acids is 1. The van der Waals surface area contributed by atoms with E-state index in [-0.39, 0.29) is 19.8 Å². The van der Waals surface area contributed by atoms with Gasteiger partial charge in [-0.15, -0.1) is 0 Å². The van der Waals surface area contributed by atoms with Crippen molar-refractivity contribution in [3.05, 3.63) is 11.6 Å². The molecule has 1 aliphatic heterocycles. The smallest absolute Gasteiger partial charge is 0.458 e. The van der Waals surface area contributed by atoms with Crippen molar-refractivity contribution in [2.75, 3.05) is 19.8 Å². The first kappa shape index (κ1) is 25.4. The summed E-state index contributed by atoms with van der Waals surface area (Å²) in [4.78, 5) is 12.0. The Labute approximate surface area is 171 Å². The number of phosphoric ester groups is 1. The highest BCUT2D eigenvalue weighted by molar-refractivity contribution is 7.48. The second kappa shape index (κ2) is 15.2. The van der Waals surface area contributed by atoms with E-state index < -0.39 is 19.9 Å². The lowest BCUT2D eigenvalue weighted by Crippen LogP contribution is -2.20. The topological polar surface area (TPSA) is 71.1 Å². The molecule has 1 unspecified atom stereocenters. The monoisotopic (exact) mass is 418 g/mol. The van der Waals surface area contributed by atoms with Gasteiger partial charge < -0.3 is 4.74 Å². The largest absolute Gasteiger partial charge is 0.475 e. The minimum atomic E-state index is -3.68. The van der Waals surface area contributed by atoms with Crippen LogP contribution in [0.5, 0.6) is 0 Å². The van der Waals surface area contributed by atoms with E-state index in [1.807, 2.05) is 0 Å². The van der Waals surface area contributed by atoms with Crippen molar-refractivity contribution in [3.8, 4) is 0 Å².